The molecule has 1 aliphatic rings. The van der Waals surface area contributed by atoms with Crippen LogP contribution in [0.3, 0.4) is 0 Å². The first-order valence-corrected chi connectivity index (χ1v) is 7.40. The van der Waals surface area contributed by atoms with Gasteiger partial charge in [-0.15, -0.1) is 0 Å². The molecule has 0 radical (unpaired) electrons. The normalized spacial score (nSPS) is 26.9. The summed E-state index contributed by atoms with van der Waals surface area (Å²) in [5.41, 5.74) is 1.03. The molecule has 0 amide bonds. The van der Waals surface area contributed by atoms with Crippen molar-refractivity contribution < 1.29 is 5.11 Å². The molecule has 0 unspecified atom stereocenters. The number of nitrogens with one attached hydrogen (secondary N) is 1. The predicted octanol–water partition coefficient (Wildman–Crippen LogP) is 2.44. The van der Waals surface area contributed by atoms with E-state index < -0.39 is 0 Å². The van der Waals surface area contributed by atoms with Gasteiger partial charge in [0.15, 0.2) is 0 Å². The predicted molar refractivity (Wildman–Crippen MR) is 81.2 cm³/mol. The Labute approximate surface area is 120 Å². The number of hydrogen-bond acceptors (Lipinski definition) is 3. The van der Waals surface area contributed by atoms with Gasteiger partial charge >= 0.3 is 0 Å². The first kappa shape index (κ1) is 14.4. The number of rotatable bonds is 4. The van der Waals surface area contributed by atoms with Gasteiger partial charge in [-0.25, -0.2) is 0 Å². The summed E-state index contributed by atoms with van der Waals surface area (Å²) in [7, 11) is 1.89. The molecule has 4 heteroatoms. The second-order valence-corrected chi connectivity index (χ2v) is 5.66. The molecule has 1 aromatic heterocycles. The van der Waals surface area contributed by atoms with E-state index in [1.165, 1.54) is 18.4 Å². The van der Waals surface area contributed by atoms with Crippen molar-refractivity contribution in [2.75, 3.05) is 13.7 Å². The molecule has 104 valence electrons. The van der Waals surface area contributed by atoms with E-state index in [1.807, 2.05) is 19.3 Å². The van der Waals surface area contributed by atoms with Gasteiger partial charge in [0.25, 0.3) is 0 Å². The highest BCUT2D eigenvalue weighted by atomic mass is 32.1. The topological polar surface area (TPSA) is 45.2 Å². The molecule has 2 rings (SSSR count). The molecule has 1 fully saturated rings. The van der Waals surface area contributed by atoms with Crippen LogP contribution < -0.4 is 5.32 Å². The monoisotopic (exact) mass is 278 g/mol. The van der Waals surface area contributed by atoms with Gasteiger partial charge < -0.3 is 10.4 Å². The second kappa shape index (κ2) is 6.44. The Morgan fingerprint density at radius 3 is 3.05 bits per heavy atom. The van der Waals surface area contributed by atoms with Crippen molar-refractivity contribution in [1.29, 1.82) is 0 Å². The maximum Gasteiger partial charge on any atom is 0.0861 e. The van der Waals surface area contributed by atoms with E-state index in [9.17, 15) is 5.11 Å². The number of aliphatic hydroxyl groups is 1. The zero-order valence-corrected chi connectivity index (χ0v) is 12.2. The number of pyridine rings is 1. The van der Waals surface area contributed by atoms with E-state index in [0.717, 1.165) is 24.3 Å². The molecular formula is C15H22N2OS. The Kier molecular flexibility index (Phi) is 4.88. The van der Waals surface area contributed by atoms with Crippen LogP contribution >= 0.6 is 12.2 Å². The molecule has 1 heterocycles. The van der Waals surface area contributed by atoms with E-state index in [2.05, 4.69) is 16.4 Å². The Bertz CT molecular complexity index is 421. The average Bonchev–Trinajstić information content (AvgIpc) is 2.48. The van der Waals surface area contributed by atoms with E-state index in [0.29, 0.717) is 5.92 Å². The highest BCUT2D eigenvalue weighted by molar-refractivity contribution is 7.80. The third-order valence-corrected chi connectivity index (χ3v) is 4.93. The van der Waals surface area contributed by atoms with Gasteiger partial charge in [-0.2, -0.15) is 0 Å². The van der Waals surface area contributed by atoms with Gasteiger partial charge in [-0.1, -0.05) is 31.1 Å². The smallest absolute Gasteiger partial charge is 0.0861 e. The largest absolute Gasteiger partial charge is 0.396 e. The van der Waals surface area contributed by atoms with Crippen molar-refractivity contribution in [2.24, 2.45) is 5.92 Å². The van der Waals surface area contributed by atoms with Crippen LogP contribution in [-0.4, -0.2) is 28.7 Å². The lowest BCUT2D eigenvalue weighted by molar-refractivity contribution is 0.184. The van der Waals surface area contributed by atoms with Crippen LogP contribution in [0.25, 0.3) is 0 Å². The third-order valence-electron chi connectivity index (χ3n) is 4.36. The third kappa shape index (κ3) is 2.65. The van der Waals surface area contributed by atoms with Crippen LogP contribution in [0.4, 0.5) is 0 Å². The highest BCUT2D eigenvalue weighted by Gasteiger charge is 2.45. The SMILES string of the molecule is CNC(=S)[C@@]1(c2cccnc2)CCCC[C@@H]1CCO. The summed E-state index contributed by atoms with van der Waals surface area (Å²) in [6.45, 7) is 0.221. The van der Waals surface area contributed by atoms with Crippen LogP contribution in [0, 0.1) is 5.92 Å². The Morgan fingerprint density at radius 2 is 2.42 bits per heavy atom. The number of aromatic nitrogens is 1. The van der Waals surface area contributed by atoms with Crippen molar-refractivity contribution in [3.63, 3.8) is 0 Å². The van der Waals surface area contributed by atoms with Crippen molar-refractivity contribution >= 4 is 17.2 Å². The molecule has 3 nitrogen and oxygen atoms in total. The van der Waals surface area contributed by atoms with E-state index >= 15 is 0 Å². The van der Waals surface area contributed by atoms with Gasteiger partial charge in [0.1, 0.15) is 0 Å². The van der Waals surface area contributed by atoms with Crippen LogP contribution in [0.1, 0.15) is 37.7 Å². The lowest BCUT2D eigenvalue weighted by Crippen LogP contribution is -2.49. The van der Waals surface area contributed by atoms with Crippen molar-refractivity contribution in [2.45, 2.75) is 37.5 Å². The van der Waals surface area contributed by atoms with E-state index in [4.69, 9.17) is 12.2 Å². The lowest BCUT2D eigenvalue weighted by Gasteiger charge is -2.44. The van der Waals surface area contributed by atoms with E-state index in [-0.39, 0.29) is 12.0 Å². The number of thiocarbonyl (C=S) groups is 1. The molecule has 0 spiro atoms. The average molecular weight is 278 g/mol. The molecule has 0 bridgehead atoms. The standard InChI is InChI=1S/C15H22N2OS/c1-16-14(19)15(13-6-4-9-17-11-13)8-3-2-5-12(15)7-10-18/h4,6,9,11-12,18H,2-3,5,7-8,10H2,1H3,(H,16,19)/t12-,15+/m1/s1. The zero-order valence-electron chi connectivity index (χ0n) is 11.4. The number of aliphatic hydroxyl groups excluding tert-OH is 1. The molecule has 1 saturated carbocycles. The van der Waals surface area contributed by atoms with Gasteiger partial charge in [0, 0.05) is 31.5 Å². The molecule has 19 heavy (non-hydrogen) atoms. The quantitative estimate of drug-likeness (QED) is 0.830. The lowest BCUT2D eigenvalue weighted by atomic mass is 9.61. The number of likely N-dealkylation sites (N-methyl/N-ethyl adjacent to an activating group) is 1. The molecule has 0 aliphatic heterocycles. The number of hydrogen-bond donors (Lipinski definition) is 2. The van der Waals surface area contributed by atoms with Crippen molar-refractivity contribution in [3.8, 4) is 0 Å². The Hall–Kier alpha value is -1.00. The van der Waals surface area contributed by atoms with Gasteiger partial charge in [-0.3, -0.25) is 4.98 Å². The minimum Gasteiger partial charge on any atom is -0.396 e. The fraction of sp³-hybridized carbons (Fsp3) is 0.600. The minimum atomic E-state index is -0.153. The minimum absolute atomic E-state index is 0.153. The maximum absolute atomic E-state index is 9.37. The van der Waals surface area contributed by atoms with Crippen LogP contribution in [-0.2, 0) is 5.41 Å². The Balaban J connectivity index is 2.46. The maximum atomic E-state index is 9.37. The fourth-order valence-corrected chi connectivity index (χ4v) is 3.84. The van der Waals surface area contributed by atoms with Crippen LogP contribution in [0.15, 0.2) is 24.5 Å². The summed E-state index contributed by atoms with van der Waals surface area (Å²) in [6, 6.07) is 4.09. The second-order valence-electron chi connectivity index (χ2n) is 5.25. The summed E-state index contributed by atoms with van der Waals surface area (Å²) >= 11 is 5.64. The zero-order chi connectivity index (χ0) is 13.7. The summed E-state index contributed by atoms with van der Waals surface area (Å²) < 4.78 is 0. The molecule has 1 aliphatic carbocycles. The summed E-state index contributed by atoms with van der Waals surface area (Å²) in [5.74, 6) is 0.399. The molecule has 1 aromatic rings. The van der Waals surface area contributed by atoms with Crippen LogP contribution in [0.2, 0.25) is 0 Å². The number of nitrogens with zero attached hydrogens (tertiary/aromatic N) is 1. The first-order chi connectivity index (χ1) is 9.25. The highest BCUT2D eigenvalue weighted by Crippen LogP contribution is 2.45. The molecule has 0 saturated heterocycles. The molecule has 2 atom stereocenters. The molecule has 2 N–H and O–H groups in total. The van der Waals surface area contributed by atoms with Crippen LogP contribution in [0.5, 0.6) is 0 Å². The Morgan fingerprint density at radius 1 is 1.58 bits per heavy atom. The fourth-order valence-electron chi connectivity index (χ4n) is 3.45. The van der Waals surface area contributed by atoms with Crippen molar-refractivity contribution in [1.82, 2.24) is 10.3 Å². The summed E-state index contributed by atoms with van der Waals surface area (Å²) in [5, 5.41) is 12.6. The first-order valence-electron chi connectivity index (χ1n) is 6.99. The summed E-state index contributed by atoms with van der Waals surface area (Å²) in [6.07, 6.45) is 9.09. The van der Waals surface area contributed by atoms with Gasteiger partial charge in [0.2, 0.25) is 0 Å². The van der Waals surface area contributed by atoms with E-state index in [1.54, 1.807) is 6.20 Å². The molecule has 0 aromatic carbocycles. The summed E-state index contributed by atoms with van der Waals surface area (Å²) in [4.78, 5) is 5.15. The van der Waals surface area contributed by atoms with Gasteiger partial charge in [-0.05, 0) is 36.8 Å². The van der Waals surface area contributed by atoms with Gasteiger partial charge in [0.05, 0.1) is 4.99 Å². The molecular weight excluding hydrogens is 256 g/mol. The van der Waals surface area contributed by atoms with Crippen molar-refractivity contribution in [3.05, 3.63) is 30.1 Å².